The molecule has 0 aliphatic carbocycles. The summed E-state index contributed by atoms with van der Waals surface area (Å²) in [5, 5.41) is 4.88. The van der Waals surface area contributed by atoms with Crippen LogP contribution in [-0.2, 0) is 0 Å². The van der Waals surface area contributed by atoms with E-state index >= 15 is 0 Å². The Morgan fingerprint density at radius 1 is 0.226 bits per heavy atom. The van der Waals surface area contributed by atoms with Crippen molar-refractivity contribution < 1.29 is 0 Å². The normalized spacial score (nSPS) is 11.5. The van der Waals surface area contributed by atoms with Crippen molar-refractivity contribution >= 4 is 43.6 Å². The molecule has 0 aliphatic heterocycles. The van der Waals surface area contributed by atoms with Crippen molar-refractivity contribution in [3.05, 3.63) is 224 Å². The Bertz CT molecular complexity index is 3480. The van der Waals surface area contributed by atoms with Crippen molar-refractivity contribution in [3.8, 4) is 67.8 Å². The van der Waals surface area contributed by atoms with E-state index in [1.165, 1.54) is 32.6 Å². The van der Waals surface area contributed by atoms with E-state index in [0.29, 0.717) is 17.5 Å². The van der Waals surface area contributed by atoms with Crippen LogP contribution in [0.25, 0.3) is 111 Å². The SMILES string of the molecule is c1ccc(-c2cccc(-c3nc(-c4cccc(-c5ccccc5)c4)nc(-c4cccc(-n5c6ccccc6c6cc(-n7c8ccccc8c8ccccc87)ccc65)c4)n3)c2)cc1. The van der Waals surface area contributed by atoms with Crippen LogP contribution in [0.1, 0.15) is 0 Å². The Kier molecular flexibility index (Phi) is 8.42. The lowest BCUT2D eigenvalue weighted by molar-refractivity contribution is 1.07. The third kappa shape index (κ3) is 6.06. The number of para-hydroxylation sites is 3. The zero-order valence-corrected chi connectivity index (χ0v) is 33.6. The van der Waals surface area contributed by atoms with Gasteiger partial charge in [0.2, 0.25) is 0 Å². The molecular weight excluding hydrogens is 755 g/mol. The highest BCUT2D eigenvalue weighted by atomic mass is 15.0. The Balaban J connectivity index is 1.02. The molecule has 3 aromatic heterocycles. The fourth-order valence-electron chi connectivity index (χ4n) is 9.06. The lowest BCUT2D eigenvalue weighted by Gasteiger charge is -2.13. The minimum absolute atomic E-state index is 0.608. The summed E-state index contributed by atoms with van der Waals surface area (Å²) < 4.78 is 4.75. The second kappa shape index (κ2) is 14.7. The molecule has 290 valence electrons. The molecule has 0 radical (unpaired) electrons. The van der Waals surface area contributed by atoms with E-state index in [1.54, 1.807) is 0 Å². The Hall–Kier alpha value is -8.41. The summed E-state index contributed by atoms with van der Waals surface area (Å²) in [6, 6.07) is 79.2. The van der Waals surface area contributed by atoms with Gasteiger partial charge in [-0.15, -0.1) is 0 Å². The lowest BCUT2D eigenvalue weighted by Crippen LogP contribution is -2.01. The monoisotopic (exact) mass is 791 g/mol. The Morgan fingerprint density at radius 3 is 1.08 bits per heavy atom. The van der Waals surface area contributed by atoms with Crippen molar-refractivity contribution in [2.45, 2.75) is 0 Å². The fraction of sp³-hybridized carbons (Fsp3) is 0. The van der Waals surface area contributed by atoms with Crippen molar-refractivity contribution in [2.24, 2.45) is 0 Å². The molecule has 0 aliphatic rings. The summed E-state index contributed by atoms with van der Waals surface area (Å²) in [5.41, 5.74) is 14.0. The third-order valence-electron chi connectivity index (χ3n) is 11.9. The van der Waals surface area contributed by atoms with E-state index in [2.05, 4.69) is 221 Å². The predicted octanol–water partition coefficient (Wildman–Crippen LogP) is 14.4. The second-order valence-electron chi connectivity index (χ2n) is 15.7. The van der Waals surface area contributed by atoms with Gasteiger partial charge in [0.25, 0.3) is 0 Å². The number of benzene rings is 9. The molecule has 0 fully saturated rings. The van der Waals surface area contributed by atoms with Crippen LogP contribution < -0.4 is 0 Å². The average Bonchev–Trinajstić information content (AvgIpc) is 3.87. The van der Waals surface area contributed by atoms with Gasteiger partial charge in [-0.25, -0.2) is 15.0 Å². The first-order valence-corrected chi connectivity index (χ1v) is 20.9. The molecule has 12 rings (SSSR count). The van der Waals surface area contributed by atoms with Gasteiger partial charge < -0.3 is 9.13 Å². The van der Waals surface area contributed by atoms with Gasteiger partial charge in [0.15, 0.2) is 17.5 Å². The van der Waals surface area contributed by atoms with Crippen molar-refractivity contribution in [1.82, 2.24) is 24.1 Å². The number of hydrogen-bond acceptors (Lipinski definition) is 3. The first-order valence-electron chi connectivity index (χ1n) is 20.9. The van der Waals surface area contributed by atoms with Crippen LogP contribution in [0, 0.1) is 0 Å². The number of nitrogens with zero attached hydrogens (tertiary/aromatic N) is 5. The lowest BCUT2D eigenvalue weighted by atomic mass is 10.0. The summed E-state index contributed by atoms with van der Waals surface area (Å²) in [6.45, 7) is 0. The molecule has 0 saturated heterocycles. The Labute approximate surface area is 358 Å². The zero-order chi connectivity index (χ0) is 41.0. The number of rotatable bonds is 7. The quantitative estimate of drug-likeness (QED) is 0.162. The summed E-state index contributed by atoms with van der Waals surface area (Å²) >= 11 is 0. The second-order valence-corrected chi connectivity index (χ2v) is 15.7. The van der Waals surface area contributed by atoms with Crippen molar-refractivity contribution in [3.63, 3.8) is 0 Å². The summed E-state index contributed by atoms with van der Waals surface area (Å²) in [6.07, 6.45) is 0. The molecule has 0 saturated carbocycles. The van der Waals surface area contributed by atoms with E-state index in [0.717, 1.165) is 61.4 Å². The van der Waals surface area contributed by atoms with Gasteiger partial charge in [-0.3, -0.25) is 0 Å². The van der Waals surface area contributed by atoms with Gasteiger partial charge in [0.05, 0.1) is 22.1 Å². The van der Waals surface area contributed by atoms with Crippen molar-refractivity contribution in [1.29, 1.82) is 0 Å². The minimum atomic E-state index is 0.608. The van der Waals surface area contributed by atoms with Gasteiger partial charge in [0, 0.05) is 49.6 Å². The molecule has 3 heterocycles. The van der Waals surface area contributed by atoms with Crippen LogP contribution >= 0.6 is 0 Å². The van der Waals surface area contributed by atoms with E-state index in [4.69, 9.17) is 15.0 Å². The molecule has 5 heteroatoms. The summed E-state index contributed by atoms with van der Waals surface area (Å²) in [7, 11) is 0. The summed E-state index contributed by atoms with van der Waals surface area (Å²) in [4.78, 5) is 15.6. The maximum absolute atomic E-state index is 5.22. The molecule has 0 unspecified atom stereocenters. The first-order chi connectivity index (χ1) is 30.7. The number of fused-ring (bicyclic) bond motifs is 6. The van der Waals surface area contributed by atoms with E-state index in [1.807, 2.05) is 12.1 Å². The molecule has 0 amide bonds. The number of hydrogen-bond donors (Lipinski definition) is 0. The van der Waals surface area contributed by atoms with Gasteiger partial charge in [0.1, 0.15) is 0 Å². The van der Waals surface area contributed by atoms with Crippen LogP contribution in [0.3, 0.4) is 0 Å². The maximum Gasteiger partial charge on any atom is 0.164 e. The minimum Gasteiger partial charge on any atom is -0.309 e. The van der Waals surface area contributed by atoms with Gasteiger partial charge in [-0.05, 0) is 82.9 Å². The third-order valence-corrected chi connectivity index (χ3v) is 11.9. The molecule has 0 bridgehead atoms. The molecule has 62 heavy (non-hydrogen) atoms. The molecule has 5 nitrogen and oxygen atoms in total. The molecule has 0 N–H and O–H groups in total. The summed E-state index contributed by atoms with van der Waals surface area (Å²) in [5.74, 6) is 1.84. The largest absolute Gasteiger partial charge is 0.309 e. The zero-order valence-electron chi connectivity index (χ0n) is 33.6. The fourth-order valence-corrected chi connectivity index (χ4v) is 9.06. The van der Waals surface area contributed by atoms with Gasteiger partial charge in [-0.2, -0.15) is 0 Å². The molecular formula is C57H37N5. The van der Waals surface area contributed by atoms with Crippen LogP contribution in [0.2, 0.25) is 0 Å². The molecule has 12 aromatic rings. The van der Waals surface area contributed by atoms with E-state index in [9.17, 15) is 0 Å². The van der Waals surface area contributed by atoms with Crippen LogP contribution in [0.15, 0.2) is 224 Å². The van der Waals surface area contributed by atoms with Gasteiger partial charge >= 0.3 is 0 Å². The average molecular weight is 792 g/mol. The van der Waals surface area contributed by atoms with E-state index < -0.39 is 0 Å². The topological polar surface area (TPSA) is 48.5 Å². The van der Waals surface area contributed by atoms with E-state index in [-0.39, 0.29) is 0 Å². The van der Waals surface area contributed by atoms with Gasteiger partial charge in [-0.1, -0.05) is 164 Å². The highest BCUT2D eigenvalue weighted by molar-refractivity contribution is 6.12. The molecule has 0 atom stereocenters. The molecule has 0 spiro atoms. The smallest absolute Gasteiger partial charge is 0.164 e. The highest BCUT2D eigenvalue weighted by Crippen LogP contribution is 2.38. The van der Waals surface area contributed by atoms with Crippen LogP contribution in [0.5, 0.6) is 0 Å². The van der Waals surface area contributed by atoms with Crippen molar-refractivity contribution in [2.75, 3.05) is 0 Å². The number of aromatic nitrogens is 5. The first kappa shape index (κ1) is 35.5. The Morgan fingerprint density at radius 2 is 0.581 bits per heavy atom. The predicted molar refractivity (Wildman–Crippen MR) is 256 cm³/mol. The highest BCUT2D eigenvalue weighted by Gasteiger charge is 2.18. The van der Waals surface area contributed by atoms with Crippen LogP contribution in [0.4, 0.5) is 0 Å². The maximum atomic E-state index is 5.22. The standard InChI is InChI=1S/C57H37N5/c1-3-16-38(17-4-1)40-20-13-22-42(34-40)55-58-56(43-23-14-21-41(35-43)39-18-5-2-6-19-39)60-57(59-55)44-24-15-25-45(36-44)61-53-31-12-9-28-49(53)50-37-46(32-33-54(50)61)62-51-29-10-7-26-47(51)48-27-8-11-30-52(48)62/h1-37H. The van der Waals surface area contributed by atoms with Crippen LogP contribution in [-0.4, -0.2) is 24.1 Å². The molecule has 9 aromatic carbocycles.